The Morgan fingerprint density at radius 2 is 2.04 bits per heavy atom. The van der Waals surface area contributed by atoms with Gasteiger partial charge in [0.15, 0.2) is 0 Å². The zero-order valence-electron chi connectivity index (χ0n) is 14.1. The molecule has 2 aliphatic heterocycles. The molecule has 2 N–H and O–H groups in total. The summed E-state index contributed by atoms with van der Waals surface area (Å²) in [5.74, 6) is 0. The number of β-amino-alcohol motifs (C(OH)–C–C–N with tert-alkyl or cyclic N) is 1. The molecule has 3 unspecified atom stereocenters. The van der Waals surface area contributed by atoms with Gasteiger partial charge in [0, 0.05) is 24.5 Å². The van der Waals surface area contributed by atoms with Crippen molar-refractivity contribution < 1.29 is 14.7 Å². The largest absolute Gasteiger partial charge is 0.388 e. The molecule has 0 aromatic carbocycles. The summed E-state index contributed by atoms with van der Waals surface area (Å²) in [6.07, 6.45) is 7.34. The van der Waals surface area contributed by atoms with E-state index < -0.39 is 0 Å². The number of hydrogen-bond acceptors (Lipinski definition) is 4. The lowest BCUT2D eigenvalue weighted by molar-refractivity contribution is -0.906. The van der Waals surface area contributed by atoms with Gasteiger partial charge in [-0.15, -0.1) is 11.3 Å². The molecule has 3 atom stereocenters. The van der Waals surface area contributed by atoms with E-state index >= 15 is 0 Å². The van der Waals surface area contributed by atoms with Gasteiger partial charge in [0.2, 0.25) is 0 Å². The molecule has 0 saturated heterocycles. The van der Waals surface area contributed by atoms with Crippen LogP contribution in [0.2, 0.25) is 0 Å². The second-order valence-corrected chi connectivity index (χ2v) is 7.60. The third-order valence-corrected chi connectivity index (χ3v) is 5.28. The van der Waals surface area contributed by atoms with Crippen LogP contribution in [0.15, 0.2) is 41.8 Å². The number of likely N-dealkylation sites (N-methyl/N-ethyl adjacent to an activating group) is 1. The average Bonchev–Trinajstić information content (AvgIpc) is 3.01. The highest BCUT2D eigenvalue weighted by Crippen LogP contribution is 2.13. The molecular weight excluding hydrogens is 308 g/mol. The van der Waals surface area contributed by atoms with Crippen LogP contribution in [-0.2, 0) is 6.54 Å². The van der Waals surface area contributed by atoms with Crippen LogP contribution >= 0.6 is 11.3 Å². The van der Waals surface area contributed by atoms with Gasteiger partial charge in [-0.3, -0.25) is 4.90 Å². The summed E-state index contributed by atoms with van der Waals surface area (Å²) >= 11 is 1.77. The maximum atomic E-state index is 9.38. The number of aliphatic hydroxyl groups excluding tert-OH is 2. The van der Waals surface area contributed by atoms with Crippen molar-refractivity contribution in [3.8, 4) is 0 Å². The van der Waals surface area contributed by atoms with Crippen molar-refractivity contribution in [2.24, 2.45) is 0 Å². The number of hydrogen-bond donors (Lipinski definition) is 2. The van der Waals surface area contributed by atoms with Gasteiger partial charge >= 0.3 is 0 Å². The molecular formula is C18H29N2O2S+. The number of thiophene rings is 1. The molecule has 2 aliphatic rings. The SMILES string of the molecule is CC[N+]1(C)CC=CC(O)C1.OC1C=CCN(Cc2cccs2)C1. The first kappa shape index (κ1) is 18.4. The van der Waals surface area contributed by atoms with Crippen LogP contribution in [0.4, 0.5) is 0 Å². The van der Waals surface area contributed by atoms with Crippen molar-refractivity contribution in [2.45, 2.75) is 25.7 Å². The summed E-state index contributed by atoms with van der Waals surface area (Å²) in [5.41, 5.74) is 0. The third kappa shape index (κ3) is 6.20. The molecule has 4 nitrogen and oxygen atoms in total. The van der Waals surface area contributed by atoms with Gasteiger partial charge in [-0.05, 0) is 30.5 Å². The average molecular weight is 338 g/mol. The number of quaternary nitrogens is 1. The summed E-state index contributed by atoms with van der Waals surface area (Å²) in [6.45, 7) is 7.86. The van der Waals surface area contributed by atoms with Crippen LogP contribution in [0.5, 0.6) is 0 Å². The van der Waals surface area contributed by atoms with Crippen LogP contribution in [0.25, 0.3) is 0 Å². The van der Waals surface area contributed by atoms with Crippen molar-refractivity contribution in [3.63, 3.8) is 0 Å². The van der Waals surface area contributed by atoms with Crippen LogP contribution in [0, 0.1) is 0 Å². The summed E-state index contributed by atoms with van der Waals surface area (Å²) in [4.78, 5) is 3.61. The minimum atomic E-state index is -0.284. The first-order valence-corrected chi connectivity index (χ1v) is 9.16. The lowest BCUT2D eigenvalue weighted by atomic mass is 10.2. The van der Waals surface area contributed by atoms with Crippen molar-refractivity contribution in [1.82, 2.24) is 4.90 Å². The van der Waals surface area contributed by atoms with E-state index in [2.05, 4.69) is 42.5 Å². The van der Waals surface area contributed by atoms with Crippen LogP contribution in [0.1, 0.15) is 11.8 Å². The van der Waals surface area contributed by atoms with E-state index in [1.54, 1.807) is 11.3 Å². The molecule has 128 valence electrons. The molecule has 0 fully saturated rings. The Morgan fingerprint density at radius 3 is 2.61 bits per heavy atom. The molecule has 0 aliphatic carbocycles. The predicted octanol–water partition coefficient (Wildman–Crippen LogP) is 1.86. The topological polar surface area (TPSA) is 43.7 Å². The molecule has 0 amide bonds. The van der Waals surface area contributed by atoms with Gasteiger partial charge in [0.1, 0.15) is 12.6 Å². The zero-order chi connectivity index (χ0) is 16.7. The summed E-state index contributed by atoms with van der Waals surface area (Å²) in [5, 5.41) is 20.7. The molecule has 3 heterocycles. The molecule has 0 spiro atoms. The highest BCUT2D eigenvalue weighted by molar-refractivity contribution is 7.09. The molecule has 1 aromatic heterocycles. The zero-order valence-corrected chi connectivity index (χ0v) is 15.0. The second kappa shape index (κ2) is 8.76. The van der Waals surface area contributed by atoms with E-state index in [0.29, 0.717) is 0 Å². The number of aliphatic hydroxyl groups is 2. The highest BCUT2D eigenvalue weighted by atomic mass is 32.1. The molecule has 5 heteroatoms. The number of rotatable bonds is 3. The minimum Gasteiger partial charge on any atom is -0.388 e. The van der Waals surface area contributed by atoms with E-state index in [-0.39, 0.29) is 12.2 Å². The molecule has 23 heavy (non-hydrogen) atoms. The smallest absolute Gasteiger partial charge is 0.121 e. The Morgan fingerprint density at radius 1 is 1.26 bits per heavy atom. The van der Waals surface area contributed by atoms with E-state index in [4.69, 9.17) is 0 Å². The van der Waals surface area contributed by atoms with E-state index in [1.807, 2.05) is 18.2 Å². The third-order valence-electron chi connectivity index (χ3n) is 4.42. The van der Waals surface area contributed by atoms with Crippen molar-refractivity contribution in [3.05, 3.63) is 46.7 Å². The molecule has 0 radical (unpaired) electrons. The van der Waals surface area contributed by atoms with Gasteiger partial charge in [-0.25, -0.2) is 0 Å². The quantitative estimate of drug-likeness (QED) is 0.654. The van der Waals surface area contributed by atoms with Gasteiger partial charge in [0.05, 0.1) is 26.2 Å². The second-order valence-electron chi connectivity index (χ2n) is 6.57. The fourth-order valence-electron chi connectivity index (χ4n) is 2.84. The normalized spacial score (nSPS) is 30.8. The molecule has 0 saturated carbocycles. The first-order valence-electron chi connectivity index (χ1n) is 8.28. The lowest BCUT2D eigenvalue weighted by Crippen LogP contribution is -2.50. The Bertz CT molecular complexity index is 515. The Labute approximate surface area is 143 Å². The highest BCUT2D eigenvalue weighted by Gasteiger charge is 2.24. The van der Waals surface area contributed by atoms with Crippen molar-refractivity contribution >= 4 is 11.3 Å². The predicted molar refractivity (Wildman–Crippen MR) is 96.3 cm³/mol. The fourth-order valence-corrected chi connectivity index (χ4v) is 3.58. The molecule has 3 rings (SSSR count). The Balaban J connectivity index is 0.000000174. The Kier molecular flexibility index (Phi) is 6.99. The molecule has 0 bridgehead atoms. The van der Waals surface area contributed by atoms with Gasteiger partial charge in [-0.1, -0.05) is 18.2 Å². The van der Waals surface area contributed by atoms with E-state index in [0.717, 1.165) is 43.8 Å². The van der Waals surface area contributed by atoms with Crippen LogP contribution in [-0.4, -0.2) is 71.6 Å². The van der Waals surface area contributed by atoms with Gasteiger partial charge in [0.25, 0.3) is 0 Å². The minimum absolute atomic E-state index is 0.223. The van der Waals surface area contributed by atoms with E-state index in [9.17, 15) is 10.2 Å². The maximum absolute atomic E-state index is 9.38. The molecule has 1 aromatic rings. The van der Waals surface area contributed by atoms with Gasteiger partial charge in [-0.2, -0.15) is 0 Å². The van der Waals surface area contributed by atoms with E-state index in [1.165, 1.54) is 4.88 Å². The maximum Gasteiger partial charge on any atom is 0.121 e. The van der Waals surface area contributed by atoms with Crippen LogP contribution < -0.4 is 0 Å². The lowest BCUT2D eigenvalue weighted by Gasteiger charge is -2.35. The monoisotopic (exact) mass is 337 g/mol. The summed E-state index contributed by atoms with van der Waals surface area (Å²) < 4.78 is 0.970. The van der Waals surface area contributed by atoms with Crippen molar-refractivity contribution in [1.29, 1.82) is 0 Å². The standard InChI is InChI=1S/C10H13NOS.C8H16NO/c12-9-3-1-5-11(7-9)8-10-4-2-6-13-10;1-3-9(2)6-4-5-8(10)7-9/h1-4,6,9,12H,5,7-8H2;4-5,8,10H,3,6-7H2,1-2H3/q;+1. The first-order chi connectivity index (χ1) is 11.0. The van der Waals surface area contributed by atoms with Gasteiger partial charge < -0.3 is 14.7 Å². The Hall–Kier alpha value is -0.980. The van der Waals surface area contributed by atoms with Crippen LogP contribution in [0.3, 0.4) is 0 Å². The summed E-state index contributed by atoms with van der Waals surface area (Å²) in [6, 6.07) is 4.20. The summed E-state index contributed by atoms with van der Waals surface area (Å²) in [7, 11) is 2.17. The fraction of sp³-hybridized carbons (Fsp3) is 0.556. The number of nitrogens with zero attached hydrogens (tertiary/aromatic N) is 2. The van der Waals surface area contributed by atoms with Crippen molar-refractivity contribution in [2.75, 3.05) is 39.8 Å².